The highest BCUT2D eigenvalue weighted by atomic mass is 28.4. The molecule has 1 aromatic rings. The van der Waals surface area contributed by atoms with Gasteiger partial charge in [-0.3, -0.25) is 0 Å². The van der Waals surface area contributed by atoms with Crippen LogP contribution in [0.4, 0.5) is 0 Å². The van der Waals surface area contributed by atoms with E-state index in [4.69, 9.17) is 4.43 Å². The SMILES string of the molecule is C[C@H](O)c1ccc(O[Si](C)(C)C(C)(C)C)cc1. The first kappa shape index (κ1) is 14.3. The molecule has 0 fully saturated rings. The summed E-state index contributed by atoms with van der Waals surface area (Å²) in [5.74, 6) is 0.904. The van der Waals surface area contributed by atoms with Crippen LogP contribution in [0.1, 0.15) is 39.4 Å². The smallest absolute Gasteiger partial charge is 0.250 e. The van der Waals surface area contributed by atoms with Crippen LogP contribution in [0.15, 0.2) is 24.3 Å². The number of hydrogen-bond acceptors (Lipinski definition) is 2. The van der Waals surface area contributed by atoms with Crippen molar-refractivity contribution in [3.05, 3.63) is 29.8 Å². The highest BCUT2D eigenvalue weighted by molar-refractivity contribution is 6.74. The summed E-state index contributed by atoms with van der Waals surface area (Å²) in [7, 11) is -1.75. The van der Waals surface area contributed by atoms with Gasteiger partial charge in [-0.15, -0.1) is 0 Å². The summed E-state index contributed by atoms with van der Waals surface area (Å²) in [5.41, 5.74) is 0.924. The molecule has 0 amide bonds. The Hall–Kier alpha value is -0.803. The predicted octanol–water partition coefficient (Wildman–Crippen LogP) is 4.12. The Balaban J connectivity index is 2.83. The van der Waals surface area contributed by atoms with Crippen molar-refractivity contribution < 1.29 is 9.53 Å². The van der Waals surface area contributed by atoms with Gasteiger partial charge in [-0.25, -0.2) is 0 Å². The largest absolute Gasteiger partial charge is 0.544 e. The van der Waals surface area contributed by atoms with Crippen LogP contribution in [0.25, 0.3) is 0 Å². The molecule has 0 unspecified atom stereocenters. The van der Waals surface area contributed by atoms with Crippen molar-refractivity contribution in [2.45, 2.75) is 51.9 Å². The maximum atomic E-state index is 9.44. The lowest BCUT2D eigenvalue weighted by Gasteiger charge is -2.36. The molecule has 96 valence electrons. The van der Waals surface area contributed by atoms with E-state index in [-0.39, 0.29) is 5.04 Å². The fourth-order valence-electron chi connectivity index (χ4n) is 1.26. The van der Waals surface area contributed by atoms with Crippen LogP contribution in [0, 0.1) is 0 Å². The van der Waals surface area contributed by atoms with Crippen LogP contribution in [0.5, 0.6) is 5.75 Å². The summed E-state index contributed by atoms with van der Waals surface area (Å²) in [4.78, 5) is 0. The lowest BCUT2D eigenvalue weighted by Crippen LogP contribution is -2.43. The van der Waals surface area contributed by atoms with Crippen molar-refractivity contribution in [3.8, 4) is 5.75 Å². The van der Waals surface area contributed by atoms with Gasteiger partial charge in [-0.2, -0.15) is 0 Å². The molecule has 0 bridgehead atoms. The van der Waals surface area contributed by atoms with Gasteiger partial charge in [-0.05, 0) is 42.8 Å². The zero-order chi connectivity index (χ0) is 13.3. The summed E-state index contributed by atoms with van der Waals surface area (Å²) in [6.45, 7) is 12.9. The Labute approximate surface area is 106 Å². The molecule has 0 aliphatic heterocycles. The summed E-state index contributed by atoms with van der Waals surface area (Å²) in [5, 5.41) is 9.65. The molecule has 2 nitrogen and oxygen atoms in total. The summed E-state index contributed by atoms with van der Waals surface area (Å²) in [6.07, 6.45) is -0.420. The van der Waals surface area contributed by atoms with E-state index in [2.05, 4.69) is 33.9 Å². The molecule has 17 heavy (non-hydrogen) atoms. The van der Waals surface area contributed by atoms with Gasteiger partial charge in [-0.1, -0.05) is 32.9 Å². The van der Waals surface area contributed by atoms with Crippen LogP contribution in [-0.2, 0) is 0 Å². The maximum absolute atomic E-state index is 9.44. The number of aliphatic hydroxyl groups excluding tert-OH is 1. The minimum absolute atomic E-state index is 0.204. The molecule has 0 radical (unpaired) electrons. The highest BCUT2D eigenvalue weighted by Gasteiger charge is 2.38. The van der Waals surface area contributed by atoms with Gasteiger partial charge < -0.3 is 9.53 Å². The van der Waals surface area contributed by atoms with Crippen molar-refractivity contribution in [3.63, 3.8) is 0 Å². The second-order valence-electron chi connectivity index (χ2n) is 6.11. The fourth-order valence-corrected chi connectivity index (χ4v) is 2.29. The van der Waals surface area contributed by atoms with Crippen molar-refractivity contribution in [2.75, 3.05) is 0 Å². The number of hydrogen-bond donors (Lipinski definition) is 1. The van der Waals surface area contributed by atoms with Crippen molar-refractivity contribution in [2.24, 2.45) is 0 Å². The third-order valence-electron chi connectivity index (χ3n) is 3.54. The van der Waals surface area contributed by atoms with Gasteiger partial charge >= 0.3 is 0 Å². The molecule has 0 saturated carbocycles. The summed E-state index contributed by atoms with van der Waals surface area (Å²) < 4.78 is 6.16. The zero-order valence-electron chi connectivity index (χ0n) is 11.7. The van der Waals surface area contributed by atoms with Crippen LogP contribution >= 0.6 is 0 Å². The quantitative estimate of drug-likeness (QED) is 0.820. The topological polar surface area (TPSA) is 29.5 Å². The van der Waals surface area contributed by atoms with Crippen LogP contribution < -0.4 is 4.43 Å². The molecular weight excluding hydrogens is 228 g/mol. The standard InChI is InChI=1S/C14H24O2Si/c1-11(15)12-7-9-13(10-8-12)16-17(5,6)14(2,3)4/h7-11,15H,1-6H3/t11-/m0/s1. The first-order valence-electron chi connectivity index (χ1n) is 6.10. The molecule has 3 heteroatoms. The van der Waals surface area contributed by atoms with Gasteiger partial charge in [0.1, 0.15) is 5.75 Å². The predicted molar refractivity (Wildman–Crippen MR) is 74.9 cm³/mol. The molecule has 0 spiro atoms. The molecule has 1 atom stereocenters. The fraction of sp³-hybridized carbons (Fsp3) is 0.571. The third-order valence-corrected chi connectivity index (χ3v) is 7.90. The van der Waals surface area contributed by atoms with Crippen LogP contribution in [-0.4, -0.2) is 13.4 Å². The molecular formula is C14H24O2Si. The van der Waals surface area contributed by atoms with Gasteiger partial charge in [0, 0.05) is 0 Å². The Kier molecular flexibility index (Phi) is 4.05. The second kappa shape index (κ2) is 4.82. The molecule has 1 aromatic carbocycles. The normalized spacial score (nSPS) is 14.5. The number of aliphatic hydroxyl groups is 1. The Bertz CT molecular complexity index is 361. The van der Waals surface area contributed by atoms with E-state index in [0.29, 0.717) is 0 Å². The van der Waals surface area contributed by atoms with Gasteiger partial charge in [0.25, 0.3) is 0 Å². The van der Waals surface area contributed by atoms with Crippen LogP contribution in [0.2, 0.25) is 18.1 Å². The van der Waals surface area contributed by atoms with Gasteiger partial charge in [0.05, 0.1) is 6.10 Å². The average Bonchev–Trinajstić information content (AvgIpc) is 2.16. The van der Waals surface area contributed by atoms with E-state index in [9.17, 15) is 5.11 Å². The molecule has 0 heterocycles. The van der Waals surface area contributed by atoms with Crippen molar-refractivity contribution >= 4 is 8.32 Å². The molecule has 0 aromatic heterocycles. The Morgan fingerprint density at radius 2 is 1.59 bits per heavy atom. The maximum Gasteiger partial charge on any atom is 0.250 e. The first-order valence-corrected chi connectivity index (χ1v) is 9.01. The van der Waals surface area contributed by atoms with Crippen LogP contribution in [0.3, 0.4) is 0 Å². The minimum Gasteiger partial charge on any atom is -0.544 e. The number of rotatable bonds is 3. The number of benzene rings is 1. The van der Waals surface area contributed by atoms with Gasteiger partial charge in [0.2, 0.25) is 8.32 Å². The molecule has 0 saturated heterocycles. The van der Waals surface area contributed by atoms with E-state index in [0.717, 1.165) is 11.3 Å². The summed E-state index contributed by atoms with van der Waals surface area (Å²) in [6, 6.07) is 7.74. The molecule has 1 rings (SSSR count). The molecule has 0 aliphatic carbocycles. The zero-order valence-corrected chi connectivity index (χ0v) is 12.7. The minimum atomic E-state index is -1.75. The Morgan fingerprint density at radius 3 is 1.94 bits per heavy atom. The van der Waals surface area contributed by atoms with E-state index >= 15 is 0 Å². The molecule has 1 N–H and O–H groups in total. The first-order chi connectivity index (χ1) is 7.63. The highest BCUT2D eigenvalue weighted by Crippen LogP contribution is 2.37. The van der Waals surface area contributed by atoms with E-state index in [1.165, 1.54) is 0 Å². The lowest BCUT2D eigenvalue weighted by molar-refractivity contribution is 0.199. The van der Waals surface area contributed by atoms with E-state index in [1.54, 1.807) is 6.92 Å². The van der Waals surface area contributed by atoms with Crippen molar-refractivity contribution in [1.29, 1.82) is 0 Å². The van der Waals surface area contributed by atoms with Crippen molar-refractivity contribution in [1.82, 2.24) is 0 Å². The average molecular weight is 252 g/mol. The Morgan fingerprint density at radius 1 is 1.12 bits per heavy atom. The summed E-state index contributed by atoms with van der Waals surface area (Å²) >= 11 is 0. The molecule has 0 aliphatic rings. The monoisotopic (exact) mass is 252 g/mol. The third kappa shape index (κ3) is 3.58. The van der Waals surface area contributed by atoms with E-state index < -0.39 is 14.4 Å². The lowest BCUT2D eigenvalue weighted by atomic mass is 10.1. The van der Waals surface area contributed by atoms with Gasteiger partial charge in [0.15, 0.2) is 0 Å². The van der Waals surface area contributed by atoms with E-state index in [1.807, 2.05) is 24.3 Å². The second-order valence-corrected chi connectivity index (χ2v) is 10.8.